The zero-order valence-electron chi connectivity index (χ0n) is 15.3. The first-order valence-corrected chi connectivity index (χ1v) is 9.50. The quantitative estimate of drug-likeness (QED) is 0.389. The highest BCUT2D eigenvalue weighted by Gasteiger charge is 2.11. The van der Waals surface area contributed by atoms with Gasteiger partial charge in [0.2, 0.25) is 0 Å². The number of aromatic nitrogens is 2. The maximum Gasteiger partial charge on any atom is 0.294 e. The Balaban J connectivity index is 1.43. The van der Waals surface area contributed by atoms with Gasteiger partial charge in [0.05, 0.1) is 22.0 Å². The summed E-state index contributed by atoms with van der Waals surface area (Å²) in [6, 6.07) is 14.3. The lowest BCUT2D eigenvalue weighted by Crippen LogP contribution is -2.35. The van der Waals surface area contributed by atoms with Crippen molar-refractivity contribution >= 4 is 44.4 Å². The van der Waals surface area contributed by atoms with E-state index in [0.717, 1.165) is 14.8 Å². The van der Waals surface area contributed by atoms with Crippen LogP contribution in [-0.2, 0) is 4.79 Å². The number of benzene rings is 2. The minimum absolute atomic E-state index is 0.115. The molecule has 1 amide bonds. The Morgan fingerprint density at radius 2 is 1.97 bits per heavy atom. The van der Waals surface area contributed by atoms with Crippen LogP contribution in [-0.4, -0.2) is 33.5 Å². The molecule has 2 aromatic heterocycles. The Kier molecular flexibility index (Phi) is 4.96. The van der Waals surface area contributed by atoms with E-state index in [0.29, 0.717) is 21.6 Å². The van der Waals surface area contributed by atoms with Crippen LogP contribution < -0.4 is 15.8 Å². The van der Waals surface area contributed by atoms with Crippen molar-refractivity contribution in [2.75, 3.05) is 6.61 Å². The van der Waals surface area contributed by atoms with Gasteiger partial charge >= 0.3 is 0 Å². The highest BCUT2D eigenvalue weighted by molar-refractivity contribution is 7.21. The third-order valence-corrected chi connectivity index (χ3v) is 5.28. The number of aromatic hydroxyl groups is 1. The van der Waals surface area contributed by atoms with E-state index in [1.807, 2.05) is 24.3 Å². The van der Waals surface area contributed by atoms with E-state index < -0.39 is 12.5 Å². The summed E-state index contributed by atoms with van der Waals surface area (Å²) in [5.41, 5.74) is 2.49. The van der Waals surface area contributed by atoms with Gasteiger partial charge < -0.3 is 9.94 Å². The van der Waals surface area contributed by atoms with Gasteiger partial charge in [-0.15, -0.1) is 16.1 Å². The third kappa shape index (κ3) is 3.67. The summed E-state index contributed by atoms with van der Waals surface area (Å²) in [7, 11) is 0. The predicted octanol–water partition coefficient (Wildman–Crippen LogP) is 2.20. The average Bonchev–Trinajstić information content (AvgIpc) is 3.04. The summed E-state index contributed by atoms with van der Waals surface area (Å²) in [4.78, 5) is 34.6. The smallest absolute Gasteiger partial charge is 0.294 e. The van der Waals surface area contributed by atoms with E-state index in [4.69, 9.17) is 4.84 Å². The Hall–Kier alpha value is -3.72. The SMILES string of the molecule is Cc1nc2ccccc2c(=O)n1OCC(=O)N/N=C/c1sc2ccccc2c1O. The molecule has 4 rings (SSSR count). The number of nitrogens with one attached hydrogen (secondary N) is 1. The number of carbonyl (C=O) groups excluding carboxylic acids is 1. The number of hydrogen-bond donors (Lipinski definition) is 2. The molecule has 146 valence electrons. The van der Waals surface area contributed by atoms with Crippen molar-refractivity contribution in [1.82, 2.24) is 15.1 Å². The van der Waals surface area contributed by atoms with Crippen LogP contribution in [0.2, 0.25) is 0 Å². The molecular weight excluding hydrogens is 392 g/mol. The number of fused-ring (bicyclic) bond motifs is 2. The van der Waals surface area contributed by atoms with Crippen molar-refractivity contribution in [2.45, 2.75) is 6.92 Å². The Morgan fingerprint density at radius 1 is 1.24 bits per heavy atom. The Morgan fingerprint density at radius 3 is 2.76 bits per heavy atom. The molecule has 0 unspecified atom stereocenters. The van der Waals surface area contributed by atoms with Gasteiger partial charge in [-0.1, -0.05) is 24.3 Å². The van der Waals surface area contributed by atoms with Gasteiger partial charge in [0.25, 0.3) is 11.5 Å². The molecule has 2 aromatic carbocycles. The van der Waals surface area contributed by atoms with Crippen LogP contribution in [0.3, 0.4) is 0 Å². The van der Waals surface area contributed by atoms with Crippen LogP contribution >= 0.6 is 11.3 Å². The van der Waals surface area contributed by atoms with E-state index >= 15 is 0 Å². The molecule has 0 saturated carbocycles. The van der Waals surface area contributed by atoms with Crippen LogP contribution in [0.15, 0.2) is 58.4 Å². The number of carbonyl (C=O) groups is 1. The summed E-state index contributed by atoms with van der Waals surface area (Å²) in [5.74, 6) is -0.106. The molecule has 0 atom stereocenters. The molecule has 0 aliphatic heterocycles. The fraction of sp³-hybridized carbons (Fsp3) is 0.100. The standard InChI is InChI=1S/C20H16N4O4S/c1-12-22-15-8-4-2-6-13(15)20(27)24(12)28-11-18(25)23-21-10-17-19(26)14-7-3-5-9-16(14)29-17/h2-10,26H,11H2,1H3,(H,23,25)/b21-10+. The molecule has 0 saturated heterocycles. The summed E-state index contributed by atoms with van der Waals surface area (Å²) >= 11 is 1.36. The molecule has 0 spiro atoms. The van der Waals surface area contributed by atoms with Crippen molar-refractivity contribution < 1.29 is 14.7 Å². The lowest BCUT2D eigenvalue weighted by Gasteiger charge is -2.10. The van der Waals surface area contributed by atoms with Crippen LogP contribution in [0.25, 0.3) is 21.0 Å². The van der Waals surface area contributed by atoms with Crippen molar-refractivity contribution in [3.05, 3.63) is 69.6 Å². The minimum Gasteiger partial charge on any atom is -0.506 e. The molecule has 0 fully saturated rings. The lowest BCUT2D eigenvalue weighted by atomic mass is 10.2. The zero-order valence-corrected chi connectivity index (χ0v) is 16.1. The predicted molar refractivity (Wildman–Crippen MR) is 111 cm³/mol. The van der Waals surface area contributed by atoms with Crippen LogP contribution in [0.4, 0.5) is 0 Å². The molecule has 0 radical (unpaired) electrons. The molecule has 9 heteroatoms. The summed E-state index contributed by atoms with van der Waals surface area (Å²) < 4.78 is 1.91. The first-order chi connectivity index (χ1) is 14.0. The first-order valence-electron chi connectivity index (χ1n) is 8.68. The third-order valence-electron chi connectivity index (χ3n) is 4.19. The number of hydrazone groups is 1. The van der Waals surface area contributed by atoms with Gasteiger partial charge in [0.1, 0.15) is 11.6 Å². The largest absolute Gasteiger partial charge is 0.506 e. The van der Waals surface area contributed by atoms with E-state index in [1.54, 1.807) is 31.2 Å². The number of thiophene rings is 1. The number of aryl methyl sites for hydroxylation is 1. The molecule has 29 heavy (non-hydrogen) atoms. The number of para-hydroxylation sites is 1. The highest BCUT2D eigenvalue weighted by Crippen LogP contribution is 2.35. The van der Waals surface area contributed by atoms with Crippen molar-refractivity contribution in [2.24, 2.45) is 5.10 Å². The second-order valence-electron chi connectivity index (χ2n) is 6.15. The highest BCUT2D eigenvalue weighted by atomic mass is 32.1. The molecule has 4 aromatic rings. The maximum absolute atomic E-state index is 12.5. The molecule has 0 aliphatic carbocycles. The van der Waals surface area contributed by atoms with E-state index in [9.17, 15) is 14.7 Å². The number of rotatable bonds is 5. The van der Waals surface area contributed by atoms with Crippen LogP contribution in [0, 0.1) is 6.92 Å². The van der Waals surface area contributed by atoms with Crippen molar-refractivity contribution in [1.29, 1.82) is 0 Å². The molecular formula is C20H16N4O4S. The van der Waals surface area contributed by atoms with E-state index in [1.165, 1.54) is 17.6 Å². The number of nitrogens with zero attached hydrogens (tertiary/aromatic N) is 3. The summed E-state index contributed by atoms with van der Waals surface area (Å²) in [6.07, 6.45) is 1.37. The number of amides is 1. The fourth-order valence-corrected chi connectivity index (χ4v) is 3.81. The first kappa shape index (κ1) is 18.6. The average molecular weight is 408 g/mol. The Bertz CT molecular complexity index is 1310. The van der Waals surface area contributed by atoms with Crippen LogP contribution in [0.1, 0.15) is 10.7 Å². The Labute approximate surface area is 168 Å². The molecule has 0 bridgehead atoms. The maximum atomic E-state index is 12.5. The van der Waals surface area contributed by atoms with Gasteiger partial charge in [-0.25, -0.2) is 10.4 Å². The van der Waals surface area contributed by atoms with Gasteiger partial charge in [-0.05, 0) is 31.2 Å². The van der Waals surface area contributed by atoms with Crippen molar-refractivity contribution in [3.8, 4) is 5.75 Å². The van der Waals surface area contributed by atoms with E-state index in [2.05, 4.69) is 15.5 Å². The topological polar surface area (TPSA) is 106 Å². The minimum atomic E-state index is -0.554. The molecule has 8 nitrogen and oxygen atoms in total. The molecule has 0 aliphatic rings. The fourth-order valence-electron chi connectivity index (χ4n) is 2.84. The summed E-state index contributed by atoms with van der Waals surface area (Å²) in [5, 5.41) is 15.2. The second kappa shape index (κ2) is 7.72. The number of hydrogen-bond acceptors (Lipinski definition) is 7. The summed E-state index contributed by atoms with van der Waals surface area (Å²) in [6.45, 7) is 1.20. The van der Waals surface area contributed by atoms with Gasteiger partial charge in [0, 0.05) is 10.1 Å². The van der Waals surface area contributed by atoms with Crippen molar-refractivity contribution in [3.63, 3.8) is 0 Å². The zero-order chi connectivity index (χ0) is 20.4. The molecule has 2 heterocycles. The van der Waals surface area contributed by atoms with Gasteiger partial charge in [-0.2, -0.15) is 5.10 Å². The van der Waals surface area contributed by atoms with Gasteiger partial charge in [-0.3, -0.25) is 9.59 Å². The van der Waals surface area contributed by atoms with Crippen LogP contribution in [0.5, 0.6) is 5.75 Å². The van der Waals surface area contributed by atoms with E-state index in [-0.39, 0.29) is 11.3 Å². The molecule has 2 N–H and O–H groups in total. The lowest BCUT2D eigenvalue weighted by molar-refractivity contribution is -0.126. The monoisotopic (exact) mass is 408 g/mol. The normalized spacial score (nSPS) is 11.3. The van der Waals surface area contributed by atoms with Gasteiger partial charge in [0.15, 0.2) is 6.61 Å². The second-order valence-corrected chi connectivity index (χ2v) is 7.24.